The number of ether oxygens (including phenoxy) is 1. The lowest BCUT2D eigenvalue weighted by molar-refractivity contribution is -0.115. The first kappa shape index (κ1) is 19.2. The fraction of sp³-hybridized carbons (Fsp3) is 0.0952. The molecule has 0 fully saturated rings. The molecule has 1 N–H and O–H groups in total. The first-order valence-electron chi connectivity index (χ1n) is 8.80. The number of amides is 1. The molecule has 0 atom stereocenters. The van der Waals surface area contributed by atoms with E-state index in [4.69, 9.17) is 16.3 Å². The molecular weight excluding hydrogens is 408 g/mol. The van der Waals surface area contributed by atoms with E-state index in [0.717, 1.165) is 22.5 Å². The Bertz CT molecular complexity index is 1140. The molecule has 0 saturated heterocycles. The Labute approximate surface area is 176 Å². The van der Waals surface area contributed by atoms with Crippen molar-refractivity contribution in [2.24, 2.45) is 0 Å². The van der Waals surface area contributed by atoms with Gasteiger partial charge in [0.15, 0.2) is 5.13 Å². The van der Waals surface area contributed by atoms with Crippen LogP contribution in [0.2, 0.25) is 5.02 Å². The van der Waals surface area contributed by atoms with Crippen LogP contribution in [0.4, 0.5) is 5.13 Å². The minimum absolute atomic E-state index is 0.147. The molecule has 4 aromatic rings. The van der Waals surface area contributed by atoms with Gasteiger partial charge in [0.05, 0.1) is 36.1 Å². The summed E-state index contributed by atoms with van der Waals surface area (Å²) >= 11 is 7.54. The summed E-state index contributed by atoms with van der Waals surface area (Å²) in [6, 6.07) is 15.2. The summed E-state index contributed by atoms with van der Waals surface area (Å²) in [4.78, 5) is 16.9. The summed E-state index contributed by atoms with van der Waals surface area (Å²) in [5, 5.41) is 10.1. The number of anilines is 1. The van der Waals surface area contributed by atoms with E-state index in [-0.39, 0.29) is 12.3 Å². The lowest BCUT2D eigenvalue weighted by Crippen LogP contribution is -2.13. The zero-order valence-electron chi connectivity index (χ0n) is 15.5. The molecule has 2 aromatic carbocycles. The number of benzene rings is 2. The fourth-order valence-electron chi connectivity index (χ4n) is 2.81. The highest BCUT2D eigenvalue weighted by atomic mass is 35.5. The Morgan fingerprint density at radius 2 is 2.07 bits per heavy atom. The summed E-state index contributed by atoms with van der Waals surface area (Å²) in [5.74, 6) is 0.460. The van der Waals surface area contributed by atoms with Crippen molar-refractivity contribution in [3.63, 3.8) is 0 Å². The second-order valence-electron chi connectivity index (χ2n) is 6.24. The Hall–Kier alpha value is -3.16. The van der Waals surface area contributed by atoms with Crippen LogP contribution in [0.3, 0.4) is 0 Å². The molecule has 1 amide bonds. The number of methoxy groups -OCH3 is 1. The number of hydrogen-bond donors (Lipinski definition) is 1. The zero-order chi connectivity index (χ0) is 20.2. The van der Waals surface area contributed by atoms with E-state index in [0.29, 0.717) is 15.9 Å². The van der Waals surface area contributed by atoms with Crippen molar-refractivity contribution in [2.45, 2.75) is 6.42 Å². The van der Waals surface area contributed by atoms with Gasteiger partial charge in [-0.15, -0.1) is 11.3 Å². The predicted octanol–water partition coefficient (Wildman–Crippen LogP) is 4.84. The van der Waals surface area contributed by atoms with Gasteiger partial charge in [-0.2, -0.15) is 5.10 Å². The van der Waals surface area contributed by atoms with Crippen molar-refractivity contribution in [1.29, 1.82) is 0 Å². The lowest BCUT2D eigenvalue weighted by atomic mass is 10.2. The topological polar surface area (TPSA) is 69.0 Å². The maximum absolute atomic E-state index is 12.4. The van der Waals surface area contributed by atoms with E-state index >= 15 is 0 Å². The molecular formula is C21H17ClN4O2S. The molecule has 0 aliphatic heterocycles. The second-order valence-corrected chi connectivity index (χ2v) is 7.51. The van der Waals surface area contributed by atoms with Crippen LogP contribution < -0.4 is 10.1 Å². The number of carbonyl (C=O) groups is 1. The van der Waals surface area contributed by atoms with Crippen LogP contribution in [0, 0.1) is 0 Å². The maximum atomic E-state index is 12.4. The van der Waals surface area contributed by atoms with Gasteiger partial charge in [0.2, 0.25) is 5.91 Å². The summed E-state index contributed by atoms with van der Waals surface area (Å²) < 4.78 is 6.91. The lowest BCUT2D eigenvalue weighted by Gasteiger charge is -2.04. The third-order valence-corrected chi connectivity index (χ3v) is 5.27. The molecule has 0 saturated carbocycles. The maximum Gasteiger partial charge on any atom is 0.230 e. The Kier molecular flexibility index (Phi) is 5.59. The number of hydrogen-bond acceptors (Lipinski definition) is 5. The van der Waals surface area contributed by atoms with Crippen molar-refractivity contribution < 1.29 is 9.53 Å². The highest BCUT2D eigenvalue weighted by molar-refractivity contribution is 7.14. The van der Waals surface area contributed by atoms with Crippen molar-refractivity contribution in [2.75, 3.05) is 12.4 Å². The summed E-state index contributed by atoms with van der Waals surface area (Å²) in [6.07, 6.45) is 3.76. The van der Waals surface area contributed by atoms with Crippen LogP contribution in [-0.2, 0) is 11.2 Å². The Morgan fingerprint density at radius 3 is 2.83 bits per heavy atom. The first-order valence-corrected chi connectivity index (χ1v) is 10.1. The number of halogens is 1. The van der Waals surface area contributed by atoms with Crippen molar-refractivity contribution in [3.05, 3.63) is 76.9 Å². The number of rotatable bonds is 6. The van der Waals surface area contributed by atoms with E-state index in [1.807, 2.05) is 48.0 Å². The minimum Gasteiger partial charge on any atom is -0.495 e. The van der Waals surface area contributed by atoms with Crippen LogP contribution in [0.25, 0.3) is 16.9 Å². The van der Waals surface area contributed by atoms with Gasteiger partial charge in [-0.1, -0.05) is 29.8 Å². The van der Waals surface area contributed by atoms with Crippen molar-refractivity contribution >= 4 is 34.0 Å². The average Bonchev–Trinajstić information content (AvgIpc) is 3.38. The molecule has 2 aromatic heterocycles. The van der Waals surface area contributed by atoms with E-state index in [2.05, 4.69) is 15.4 Å². The third-order valence-electron chi connectivity index (χ3n) is 4.22. The fourth-order valence-corrected chi connectivity index (χ4v) is 3.81. The van der Waals surface area contributed by atoms with Crippen molar-refractivity contribution in [3.8, 4) is 22.7 Å². The van der Waals surface area contributed by atoms with E-state index in [1.54, 1.807) is 30.1 Å². The molecule has 0 spiro atoms. The van der Waals surface area contributed by atoms with Gasteiger partial charge in [0.1, 0.15) is 5.75 Å². The summed E-state index contributed by atoms with van der Waals surface area (Å²) in [5.41, 5.74) is 3.37. The molecule has 0 aliphatic carbocycles. The minimum atomic E-state index is -0.147. The first-order chi connectivity index (χ1) is 14.1. The molecule has 0 unspecified atom stereocenters. The number of para-hydroxylation sites is 1. The molecule has 2 heterocycles. The molecule has 0 bridgehead atoms. The predicted molar refractivity (Wildman–Crippen MR) is 115 cm³/mol. The van der Waals surface area contributed by atoms with Crippen LogP contribution >= 0.6 is 22.9 Å². The van der Waals surface area contributed by atoms with Crippen LogP contribution in [0.1, 0.15) is 5.56 Å². The molecule has 146 valence electrons. The molecule has 8 heteroatoms. The van der Waals surface area contributed by atoms with Crippen LogP contribution in [0.15, 0.2) is 66.3 Å². The highest BCUT2D eigenvalue weighted by Gasteiger charge is 2.11. The number of nitrogens with one attached hydrogen (secondary N) is 1. The number of carbonyl (C=O) groups excluding carboxylic acids is 1. The van der Waals surface area contributed by atoms with Gasteiger partial charge in [-0.3, -0.25) is 4.79 Å². The summed E-state index contributed by atoms with van der Waals surface area (Å²) in [6.45, 7) is 0. The zero-order valence-corrected chi connectivity index (χ0v) is 17.1. The van der Waals surface area contributed by atoms with Gasteiger partial charge in [0, 0.05) is 17.1 Å². The normalized spacial score (nSPS) is 10.7. The van der Waals surface area contributed by atoms with Crippen molar-refractivity contribution in [1.82, 2.24) is 14.8 Å². The largest absolute Gasteiger partial charge is 0.495 e. The summed E-state index contributed by atoms with van der Waals surface area (Å²) in [7, 11) is 1.57. The van der Waals surface area contributed by atoms with Crippen LogP contribution in [-0.4, -0.2) is 27.8 Å². The quantitative estimate of drug-likeness (QED) is 0.481. The molecule has 29 heavy (non-hydrogen) atoms. The number of nitrogens with zero attached hydrogens (tertiary/aromatic N) is 3. The van der Waals surface area contributed by atoms with Gasteiger partial charge >= 0.3 is 0 Å². The van der Waals surface area contributed by atoms with Gasteiger partial charge in [-0.25, -0.2) is 9.67 Å². The van der Waals surface area contributed by atoms with Crippen LogP contribution in [0.5, 0.6) is 5.75 Å². The second kappa shape index (κ2) is 8.46. The highest BCUT2D eigenvalue weighted by Crippen LogP contribution is 2.31. The number of aromatic nitrogens is 3. The monoisotopic (exact) mass is 424 g/mol. The van der Waals surface area contributed by atoms with Gasteiger partial charge in [-0.05, 0) is 35.9 Å². The smallest absolute Gasteiger partial charge is 0.230 e. The standard InChI is InChI=1S/C21H17ClN4O2S/c1-28-19-8-7-15(10-17(19)22)18-13-29-21(24-18)25-20(27)9-14-11-23-26(12-14)16-5-3-2-4-6-16/h2-8,10-13H,9H2,1H3,(H,24,25,27). The third kappa shape index (κ3) is 4.47. The average molecular weight is 425 g/mol. The molecule has 6 nitrogen and oxygen atoms in total. The van der Waals surface area contributed by atoms with E-state index in [9.17, 15) is 4.79 Å². The molecule has 0 radical (unpaired) electrons. The van der Waals surface area contributed by atoms with E-state index < -0.39 is 0 Å². The van der Waals surface area contributed by atoms with Gasteiger partial charge in [0.25, 0.3) is 0 Å². The molecule has 4 rings (SSSR count). The Morgan fingerprint density at radius 1 is 1.24 bits per heavy atom. The molecule has 0 aliphatic rings. The SMILES string of the molecule is COc1ccc(-c2csc(NC(=O)Cc3cnn(-c4ccccc4)c3)n2)cc1Cl. The number of thiazole rings is 1. The van der Waals surface area contributed by atoms with E-state index in [1.165, 1.54) is 11.3 Å². The Balaban J connectivity index is 1.41. The van der Waals surface area contributed by atoms with Gasteiger partial charge < -0.3 is 10.1 Å².